The lowest BCUT2D eigenvalue weighted by atomic mass is 10.1. The van der Waals surface area contributed by atoms with Crippen molar-refractivity contribution in [2.75, 3.05) is 11.1 Å². The highest BCUT2D eigenvalue weighted by atomic mass is 32.2. The van der Waals surface area contributed by atoms with Crippen LogP contribution in [0.4, 0.5) is 5.69 Å². The van der Waals surface area contributed by atoms with E-state index in [9.17, 15) is 9.59 Å². The molecule has 0 saturated heterocycles. The highest BCUT2D eigenvalue weighted by molar-refractivity contribution is 8.01. The summed E-state index contributed by atoms with van der Waals surface area (Å²) in [5, 5.41) is 10.3. The quantitative estimate of drug-likeness (QED) is 0.677. The van der Waals surface area contributed by atoms with E-state index in [1.165, 1.54) is 30.0 Å². The van der Waals surface area contributed by atoms with Crippen molar-refractivity contribution in [1.82, 2.24) is 10.2 Å². The summed E-state index contributed by atoms with van der Waals surface area (Å²) in [6.45, 7) is 1.47. The van der Waals surface area contributed by atoms with Gasteiger partial charge in [0.1, 0.15) is 5.51 Å². The number of amides is 1. The number of thioether (sulfide) groups is 1. The molecule has 0 aliphatic rings. The molecule has 2 rings (SSSR count). The van der Waals surface area contributed by atoms with Gasteiger partial charge in [0, 0.05) is 5.56 Å². The SMILES string of the molecule is CC(=O)c1ccccc1NC(=O)CSc1nncs1. The molecule has 0 spiro atoms. The molecule has 0 aliphatic heterocycles. The number of nitrogens with one attached hydrogen (secondary N) is 1. The molecule has 1 heterocycles. The molecule has 0 aliphatic carbocycles. The monoisotopic (exact) mass is 293 g/mol. The van der Waals surface area contributed by atoms with Gasteiger partial charge in [-0.15, -0.1) is 10.2 Å². The van der Waals surface area contributed by atoms with E-state index in [0.29, 0.717) is 11.3 Å². The molecule has 0 saturated carbocycles. The first-order valence-corrected chi connectivity index (χ1v) is 7.32. The number of carbonyl (C=O) groups is 2. The van der Waals surface area contributed by atoms with Gasteiger partial charge in [-0.25, -0.2) is 0 Å². The Morgan fingerprint density at radius 3 is 2.84 bits per heavy atom. The molecule has 0 bridgehead atoms. The van der Waals surface area contributed by atoms with Gasteiger partial charge in [-0.1, -0.05) is 35.2 Å². The summed E-state index contributed by atoms with van der Waals surface area (Å²) < 4.78 is 0.745. The molecule has 0 fully saturated rings. The number of rotatable bonds is 5. The van der Waals surface area contributed by atoms with Gasteiger partial charge in [0.05, 0.1) is 11.4 Å². The number of ketones is 1. The number of aromatic nitrogens is 2. The van der Waals surface area contributed by atoms with Crippen molar-refractivity contribution in [3.8, 4) is 0 Å². The van der Waals surface area contributed by atoms with Crippen LogP contribution in [-0.4, -0.2) is 27.6 Å². The Balaban J connectivity index is 1.97. The molecule has 2 aromatic rings. The van der Waals surface area contributed by atoms with Crippen molar-refractivity contribution < 1.29 is 9.59 Å². The molecule has 0 atom stereocenters. The standard InChI is InChI=1S/C12H11N3O2S2/c1-8(16)9-4-2-3-5-10(9)14-11(17)6-18-12-15-13-7-19-12/h2-5,7H,6H2,1H3,(H,14,17). The van der Waals surface area contributed by atoms with Crippen molar-refractivity contribution >= 4 is 40.5 Å². The maximum Gasteiger partial charge on any atom is 0.234 e. The predicted molar refractivity (Wildman–Crippen MR) is 75.7 cm³/mol. The van der Waals surface area contributed by atoms with Gasteiger partial charge < -0.3 is 5.32 Å². The van der Waals surface area contributed by atoms with Crippen molar-refractivity contribution in [1.29, 1.82) is 0 Å². The zero-order valence-corrected chi connectivity index (χ0v) is 11.8. The summed E-state index contributed by atoms with van der Waals surface area (Å²) >= 11 is 2.70. The Kier molecular flexibility index (Phi) is 4.64. The summed E-state index contributed by atoms with van der Waals surface area (Å²) in [5.41, 5.74) is 2.67. The Bertz CT molecular complexity index is 584. The van der Waals surface area contributed by atoms with Crippen LogP contribution in [0, 0.1) is 0 Å². The molecular formula is C12H11N3O2S2. The summed E-state index contributed by atoms with van der Waals surface area (Å²) in [7, 11) is 0. The van der Waals surface area contributed by atoms with E-state index in [-0.39, 0.29) is 17.4 Å². The fraction of sp³-hybridized carbons (Fsp3) is 0.167. The Labute approximate surface area is 118 Å². The molecule has 1 N–H and O–H groups in total. The Hall–Kier alpha value is -1.73. The molecule has 1 aromatic heterocycles. The first-order valence-electron chi connectivity index (χ1n) is 5.45. The number of carbonyl (C=O) groups excluding carboxylic acids is 2. The lowest BCUT2D eigenvalue weighted by Crippen LogP contribution is -2.16. The number of Topliss-reactive ketones (excluding diaryl/α,β-unsaturated/α-hetero) is 1. The van der Waals surface area contributed by atoms with E-state index in [4.69, 9.17) is 0 Å². The summed E-state index contributed by atoms with van der Waals surface area (Å²) in [4.78, 5) is 23.2. The molecule has 7 heteroatoms. The van der Waals surface area contributed by atoms with Crippen LogP contribution in [-0.2, 0) is 4.79 Å². The molecule has 1 aromatic carbocycles. The third-order valence-corrected chi connectivity index (χ3v) is 4.11. The van der Waals surface area contributed by atoms with Crippen molar-refractivity contribution in [2.24, 2.45) is 0 Å². The molecule has 0 unspecified atom stereocenters. The molecule has 19 heavy (non-hydrogen) atoms. The lowest BCUT2D eigenvalue weighted by Gasteiger charge is -2.08. The van der Waals surface area contributed by atoms with E-state index < -0.39 is 0 Å². The van der Waals surface area contributed by atoms with Gasteiger partial charge in [-0.2, -0.15) is 0 Å². The van der Waals surface area contributed by atoms with Gasteiger partial charge in [-0.05, 0) is 19.1 Å². The average molecular weight is 293 g/mol. The highest BCUT2D eigenvalue weighted by Gasteiger charge is 2.10. The first-order chi connectivity index (χ1) is 9.16. The lowest BCUT2D eigenvalue weighted by molar-refractivity contribution is -0.113. The first kappa shape index (κ1) is 13.7. The number of para-hydroxylation sites is 1. The van der Waals surface area contributed by atoms with Crippen molar-refractivity contribution in [2.45, 2.75) is 11.3 Å². The minimum Gasteiger partial charge on any atom is -0.325 e. The van der Waals surface area contributed by atoms with E-state index in [2.05, 4.69) is 15.5 Å². The van der Waals surface area contributed by atoms with Gasteiger partial charge >= 0.3 is 0 Å². The zero-order chi connectivity index (χ0) is 13.7. The topological polar surface area (TPSA) is 72.0 Å². The van der Waals surface area contributed by atoms with Gasteiger partial charge in [0.25, 0.3) is 0 Å². The van der Waals surface area contributed by atoms with Crippen molar-refractivity contribution in [3.05, 3.63) is 35.3 Å². The molecule has 0 radical (unpaired) electrons. The van der Waals surface area contributed by atoms with Crippen LogP contribution in [0.3, 0.4) is 0 Å². The number of benzene rings is 1. The second kappa shape index (κ2) is 6.44. The van der Waals surface area contributed by atoms with Crippen LogP contribution >= 0.6 is 23.1 Å². The van der Waals surface area contributed by atoms with Crippen LogP contribution < -0.4 is 5.32 Å². The summed E-state index contributed by atoms with van der Waals surface area (Å²) in [6, 6.07) is 6.95. The van der Waals surface area contributed by atoms with E-state index >= 15 is 0 Å². The number of nitrogens with zero attached hydrogens (tertiary/aromatic N) is 2. The maximum atomic E-state index is 11.8. The maximum absolute atomic E-state index is 11.8. The van der Waals surface area contributed by atoms with Gasteiger partial charge in [0.2, 0.25) is 5.91 Å². The molecule has 5 nitrogen and oxygen atoms in total. The average Bonchev–Trinajstić information content (AvgIpc) is 2.90. The van der Waals surface area contributed by atoms with Gasteiger partial charge in [-0.3, -0.25) is 9.59 Å². The van der Waals surface area contributed by atoms with Crippen LogP contribution in [0.1, 0.15) is 17.3 Å². The second-order valence-electron chi connectivity index (χ2n) is 3.64. The van der Waals surface area contributed by atoms with Crippen LogP contribution in [0.2, 0.25) is 0 Å². The minimum atomic E-state index is -0.172. The largest absolute Gasteiger partial charge is 0.325 e. The Morgan fingerprint density at radius 2 is 2.16 bits per heavy atom. The number of hydrogen-bond donors (Lipinski definition) is 1. The predicted octanol–water partition coefficient (Wildman–Crippen LogP) is 2.47. The van der Waals surface area contributed by atoms with E-state index in [1.807, 2.05) is 0 Å². The smallest absolute Gasteiger partial charge is 0.234 e. The van der Waals surface area contributed by atoms with Gasteiger partial charge in [0.15, 0.2) is 10.1 Å². The van der Waals surface area contributed by atoms with Crippen LogP contribution in [0.25, 0.3) is 0 Å². The molecular weight excluding hydrogens is 282 g/mol. The van der Waals surface area contributed by atoms with Crippen molar-refractivity contribution in [3.63, 3.8) is 0 Å². The van der Waals surface area contributed by atoms with E-state index in [0.717, 1.165) is 4.34 Å². The number of hydrogen-bond acceptors (Lipinski definition) is 6. The summed E-state index contributed by atoms with van der Waals surface area (Å²) in [6.07, 6.45) is 0. The molecule has 98 valence electrons. The fourth-order valence-corrected chi connectivity index (χ4v) is 2.73. The highest BCUT2D eigenvalue weighted by Crippen LogP contribution is 2.20. The normalized spacial score (nSPS) is 10.2. The summed E-state index contributed by atoms with van der Waals surface area (Å²) in [5.74, 6) is -0.0110. The minimum absolute atomic E-state index is 0.0762. The van der Waals surface area contributed by atoms with E-state index in [1.54, 1.807) is 29.8 Å². The fourth-order valence-electron chi connectivity index (χ4n) is 1.44. The third kappa shape index (κ3) is 3.87. The zero-order valence-electron chi connectivity index (χ0n) is 10.1. The second-order valence-corrected chi connectivity index (χ2v) is 5.70. The number of anilines is 1. The van der Waals surface area contributed by atoms with Crippen LogP contribution in [0.15, 0.2) is 34.1 Å². The van der Waals surface area contributed by atoms with Crippen LogP contribution in [0.5, 0.6) is 0 Å². The third-order valence-electron chi connectivity index (χ3n) is 2.25. The molecule has 1 amide bonds. The Morgan fingerprint density at radius 1 is 1.37 bits per heavy atom.